The third kappa shape index (κ3) is 4.01. The van der Waals surface area contributed by atoms with Gasteiger partial charge in [-0.05, 0) is 48.6 Å². The van der Waals surface area contributed by atoms with Crippen molar-refractivity contribution in [3.8, 4) is 0 Å². The Morgan fingerprint density at radius 2 is 1.87 bits per heavy atom. The molecule has 0 bridgehead atoms. The topological polar surface area (TPSA) is 80.6 Å². The summed E-state index contributed by atoms with van der Waals surface area (Å²) in [6.45, 7) is 0.00936. The average molecular weight is 498 g/mol. The zero-order valence-electron chi connectivity index (χ0n) is 16.3. The molecule has 1 aliphatic rings. The molecule has 156 valence electrons. The Morgan fingerprint density at radius 3 is 2.58 bits per heavy atom. The van der Waals surface area contributed by atoms with Crippen LogP contribution in [0.1, 0.15) is 5.56 Å². The lowest BCUT2D eigenvalue weighted by Crippen LogP contribution is -2.54. The molecule has 0 unspecified atom stereocenters. The molecule has 2 aromatic carbocycles. The molecule has 1 saturated heterocycles. The Balaban J connectivity index is 1.78. The number of aromatic nitrogens is 1. The van der Waals surface area contributed by atoms with Gasteiger partial charge in [0.2, 0.25) is 0 Å². The Labute approximate surface area is 191 Å². The van der Waals surface area contributed by atoms with Crippen LogP contribution in [0.5, 0.6) is 0 Å². The fraction of sp³-hybridized carbons (Fsp3) is 0.0909. The fourth-order valence-electron chi connectivity index (χ4n) is 3.36. The summed E-state index contributed by atoms with van der Waals surface area (Å²) in [6, 6.07) is 14.4. The maximum atomic E-state index is 13.2. The lowest BCUT2D eigenvalue weighted by molar-refractivity contribution is -0.141. The molecule has 1 aromatic heterocycles. The van der Waals surface area contributed by atoms with Crippen LogP contribution in [0, 0.1) is 0 Å². The first-order valence-corrected chi connectivity index (χ1v) is 10.4. The summed E-state index contributed by atoms with van der Waals surface area (Å²) < 4.78 is 7.33. The number of benzene rings is 2. The van der Waals surface area contributed by atoms with E-state index in [2.05, 4.69) is 21.2 Å². The number of halogens is 1. The number of thiocarbonyl (C=S) groups is 1. The average Bonchev–Trinajstić information content (AvgIpc) is 3.09. The number of nitrogens with zero attached hydrogens (tertiary/aromatic N) is 2. The molecule has 2 heterocycles. The zero-order chi connectivity index (χ0) is 22.1. The molecule has 7 nitrogen and oxygen atoms in total. The Kier molecular flexibility index (Phi) is 5.71. The van der Waals surface area contributed by atoms with Crippen molar-refractivity contribution in [3.05, 3.63) is 70.3 Å². The van der Waals surface area contributed by atoms with Gasteiger partial charge in [-0.2, -0.15) is 0 Å². The molecule has 1 N–H and O–H groups in total. The third-order valence-electron chi connectivity index (χ3n) is 4.83. The van der Waals surface area contributed by atoms with Crippen LogP contribution < -0.4 is 10.2 Å². The molecule has 31 heavy (non-hydrogen) atoms. The number of para-hydroxylation sites is 1. The number of hydrogen-bond acceptors (Lipinski definition) is 5. The van der Waals surface area contributed by atoms with E-state index in [0.29, 0.717) is 11.3 Å². The van der Waals surface area contributed by atoms with E-state index >= 15 is 0 Å². The molecule has 9 heteroatoms. The number of esters is 1. The molecule has 1 aliphatic heterocycles. The number of fused-ring (bicyclic) bond motifs is 1. The highest BCUT2D eigenvalue weighted by molar-refractivity contribution is 9.10. The van der Waals surface area contributed by atoms with Gasteiger partial charge in [-0.15, -0.1) is 0 Å². The van der Waals surface area contributed by atoms with E-state index in [4.69, 9.17) is 17.0 Å². The lowest BCUT2D eigenvalue weighted by Gasteiger charge is -2.28. The van der Waals surface area contributed by atoms with Crippen molar-refractivity contribution >= 4 is 73.7 Å². The molecule has 0 radical (unpaired) electrons. The molecule has 1 fully saturated rings. The fourth-order valence-corrected chi connectivity index (χ4v) is 3.91. The van der Waals surface area contributed by atoms with E-state index in [-0.39, 0.29) is 17.2 Å². The van der Waals surface area contributed by atoms with Gasteiger partial charge in [-0.1, -0.05) is 34.1 Å². The first-order chi connectivity index (χ1) is 14.9. The first kappa shape index (κ1) is 21.0. The van der Waals surface area contributed by atoms with Crippen LogP contribution >= 0.6 is 28.1 Å². The van der Waals surface area contributed by atoms with Gasteiger partial charge in [0.25, 0.3) is 11.8 Å². The van der Waals surface area contributed by atoms with E-state index < -0.39 is 17.8 Å². The number of methoxy groups -OCH3 is 1. The van der Waals surface area contributed by atoms with E-state index in [0.717, 1.165) is 15.4 Å². The lowest BCUT2D eigenvalue weighted by atomic mass is 10.1. The first-order valence-electron chi connectivity index (χ1n) is 9.21. The van der Waals surface area contributed by atoms with Crippen molar-refractivity contribution in [2.24, 2.45) is 0 Å². The van der Waals surface area contributed by atoms with Gasteiger partial charge < -0.3 is 9.30 Å². The Hall–Kier alpha value is -3.30. The van der Waals surface area contributed by atoms with Gasteiger partial charge in [0.05, 0.1) is 12.8 Å². The molecule has 2 amide bonds. The van der Waals surface area contributed by atoms with Gasteiger partial charge in [-0.25, -0.2) is 0 Å². The van der Waals surface area contributed by atoms with Crippen molar-refractivity contribution in [3.63, 3.8) is 0 Å². The van der Waals surface area contributed by atoms with Crippen LogP contribution in [0.15, 0.2) is 64.8 Å². The van der Waals surface area contributed by atoms with E-state index in [1.807, 2.05) is 24.3 Å². The van der Waals surface area contributed by atoms with E-state index in [1.165, 1.54) is 18.1 Å². The summed E-state index contributed by atoms with van der Waals surface area (Å²) in [4.78, 5) is 38.9. The van der Waals surface area contributed by atoms with Gasteiger partial charge >= 0.3 is 5.97 Å². The molecular formula is C22H16BrN3O4S. The monoisotopic (exact) mass is 497 g/mol. The largest absolute Gasteiger partial charge is 0.468 e. The number of ether oxygens (including phenoxy) is 1. The highest BCUT2D eigenvalue weighted by Crippen LogP contribution is 2.27. The molecule has 4 rings (SSSR count). The van der Waals surface area contributed by atoms with Crippen molar-refractivity contribution in [2.45, 2.75) is 6.54 Å². The Bertz CT molecular complexity index is 1260. The maximum absolute atomic E-state index is 13.2. The molecule has 0 spiro atoms. The zero-order valence-corrected chi connectivity index (χ0v) is 18.7. The van der Waals surface area contributed by atoms with Crippen LogP contribution in [0.3, 0.4) is 0 Å². The minimum atomic E-state index is -0.576. The second kappa shape index (κ2) is 8.44. The molecule has 0 saturated carbocycles. The number of anilines is 1. The minimum absolute atomic E-state index is 0.00936. The Morgan fingerprint density at radius 1 is 1.16 bits per heavy atom. The smallest absolute Gasteiger partial charge is 0.325 e. The predicted octanol–water partition coefficient (Wildman–Crippen LogP) is 3.41. The number of nitrogens with one attached hydrogen (secondary N) is 1. The number of rotatable bonds is 4. The third-order valence-corrected chi connectivity index (χ3v) is 5.65. The molecule has 3 aromatic rings. The summed E-state index contributed by atoms with van der Waals surface area (Å²) in [5, 5.41) is 3.39. The SMILES string of the molecule is COC(=O)Cn1cc(/C=C2\C(=O)NC(=S)N(c3ccc(Br)cc3)C2=O)c2ccccc21. The van der Waals surface area contributed by atoms with Gasteiger partial charge in [0.15, 0.2) is 5.11 Å². The quantitative estimate of drug-likeness (QED) is 0.258. The van der Waals surface area contributed by atoms with Crippen molar-refractivity contribution < 1.29 is 19.1 Å². The molecule has 0 atom stereocenters. The second-order valence-electron chi connectivity index (χ2n) is 6.74. The number of hydrogen-bond donors (Lipinski definition) is 1. The van der Waals surface area contributed by atoms with Crippen molar-refractivity contribution in [2.75, 3.05) is 12.0 Å². The highest BCUT2D eigenvalue weighted by Gasteiger charge is 2.34. The van der Waals surface area contributed by atoms with Gasteiger partial charge in [0, 0.05) is 27.1 Å². The maximum Gasteiger partial charge on any atom is 0.325 e. The van der Waals surface area contributed by atoms with E-state index in [9.17, 15) is 14.4 Å². The minimum Gasteiger partial charge on any atom is -0.468 e. The molecule has 0 aliphatic carbocycles. The second-order valence-corrected chi connectivity index (χ2v) is 8.04. The van der Waals surface area contributed by atoms with Crippen LogP contribution in [-0.4, -0.2) is 34.6 Å². The van der Waals surface area contributed by atoms with Crippen molar-refractivity contribution in [1.29, 1.82) is 0 Å². The predicted molar refractivity (Wildman–Crippen MR) is 124 cm³/mol. The van der Waals surface area contributed by atoms with Crippen LogP contribution in [0.4, 0.5) is 5.69 Å². The summed E-state index contributed by atoms with van der Waals surface area (Å²) in [7, 11) is 1.32. The summed E-state index contributed by atoms with van der Waals surface area (Å²) in [5.41, 5.74) is 1.89. The highest BCUT2D eigenvalue weighted by atomic mass is 79.9. The number of carbonyl (C=O) groups is 3. The van der Waals surface area contributed by atoms with Gasteiger partial charge in [0.1, 0.15) is 12.1 Å². The van der Waals surface area contributed by atoms with Crippen LogP contribution in [0.25, 0.3) is 17.0 Å². The normalized spacial score (nSPS) is 15.5. The van der Waals surface area contributed by atoms with Crippen LogP contribution in [-0.2, 0) is 25.7 Å². The van der Waals surface area contributed by atoms with Crippen LogP contribution in [0.2, 0.25) is 0 Å². The summed E-state index contributed by atoms with van der Waals surface area (Å²) in [5.74, 6) is -1.51. The number of carbonyl (C=O) groups excluding carboxylic acids is 3. The molecular weight excluding hydrogens is 482 g/mol. The summed E-state index contributed by atoms with van der Waals surface area (Å²) in [6.07, 6.45) is 3.23. The van der Waals surface area contributed by atoms with E-state index in [1.54, 1.807) is 35.0 Å². The van der Waals surface area contributed by atoms with Gasteiger partial charge in [-0.3, -0.25) is 24.6 Å². The number of amides is 2. The van der Waals surface area contributed by atoms with Crippen molar-refractivity contribution in [1.82, 2.24) is 9.88 Å². The standard InChI is InChI=1S/C22H16BrN3O4S/c1-30-19(27)12-25-11-13(16-4-2-3-5-18(16)25)10-17-20(28)24-22(31)26(21(17)29)15-8-6-14(23)7-9-15/h2-11H,12H2,1H3,(H,24,28,31)/b17-10+. The summed E-state index contributed by atoms with van der Waals surface area (Å²) >= 11 is 8.59.